The van der Waals surface area contributed by atoms with Crippen LogP contribution in [0.4, 0.5) is 5.69 Å². The van der Waals surface area contributed by atoms with E-state index in [9.17, 15) is 9.59 Å². The summed E-state index contributed by atoms with van der Waals surface area (Å²) >= 11 is 6.02. The largest absolute Gasteiger partial charge is 0.350 e. The number of benzene rings is 1. The molecule has 0 atom stereocenters. The van der Waals surface area contributed by atoms with E-state index in [2.05, 4.69) is 10.3 Å². The van der Waals surface area contributed by atoms with Gasteiger partial charge in [0.25, 0.3) is 0 Å². The molecule has 24 heavy (non-hydrogen) atoms. The van der Waals surface area contributed by atoms with Crippen LogP contribution < -0.4 is 10.2 Å². The average molecular weight is 346 g/mol. The van der Waals surface area contributed by atoms with Crippen molar-refractivity contribution in [2.24, 2.45) is 0 Å². The van der Waals surface area contributed by atoms with Crippen LogP contribution in [0.15, 0.2) is 42.6 Å². The van der Waals surface area contributed by atoms with Crippen LogP contribution in [-0.2, 0) is 16.1 Å². The van der Waals surface area contributed by atoms with Gasteiger partial charge in [-0.1, -0.05) is 23.7 Å². The smallest absolute Gasteiger partial charge is 0.223 e. The molecule has 1 N–H and O–H groups in total. The van der Waals surface area contributed by atoms with E-state index in [4.69, 9.17) is 11.6 Å². The van der Waals surface area contributed by atoms with Gasteiger partial charge >= 0.3 is 0 Å². The first-order valence-electron chi connectivity index (χ1n) is 7.68. The third kappa shape index (κ3) is 5.06. The fraction of sp³-hybridized carbons (Fsp3) is 0.278. The molecular formula is C18H20ClN3O2. The summed E-state index contributed by atoms with van der Waals surface area (Å²) in [5.74, 6) is -0.260. The summed E-state index contributed by atoms with van der Waals surface area (Å²) in [5.41, 5.74) is 2.45. The SMILES string of the molecule is CC(=O)N(CCC(=O)NCc1ccccn1)c1cc(Cl)ccc1C. The fourth-order valence-corrected chi connectivity index (χ4v) is 2.48. The molecule has 0 saturated heterocycles. The number of nitrogens with one attached hydrogen (secondary N) is 1. The summed E-state index contributed by atoms with van der Waals surface area (Å²) in [5, 5.41) is 3.36. The molecule has 0 radical (unpaired) electrons. The molecule has 2 rings (SSSR count). The number of rotatable bonds is 6. The summed E-state index contributed by atoms with van der Waals surface area (Å²) in [6.07, 6.45) is 1.89. The van der Waals surface area contributed by atoms with Crippen molar-refractivity contribution in [1.29, 1.82) is 0 Å². The lowest BCUT2D eigenvalue weighted by molar-refractivity contribution is -0.121. The number of aromatic nitrogens is 1. The molecule has 126 valence electrons. The van der Waals surface area contributed by atoms with Gasteiger partial charge in [0.2, 0.25) is 11.8 Å². The lowest BCUT2D eigenvalue weighted by atomic mass is 10.1. The van der Waals surface area contributed by atoms with Crippen LogP contribution >= 0.6 is 11.6 Å². The molecule has 2 amide bonds. The Balaban J connectivity index is 1.95. The highest BCUT2D eigenvalue weighted by Gasteiger charge is 2.15. The van der Waals surface area contributed by atoms with Gasteiger partial charge in [-0.25, -0.2) is 0 Å². The van der Waals surface area contributed by atoms with E-state index < -0.39 is 0 Å². The van der Waals surface area contributed by atoms with Crippen LogP contribution in [0.2, 0.25) is 5.02 Å². The predicted octanol–water partition coefficient (Wildman–Crippen LogP) is 3.10. The van der Waals surface area contributed by atoms with Crippen molar-refractivity contribution >= 4 is 29.1 Å². The second kappa shape index (κ2) is 8.45. The zero-order valence-corrected chi connectivity index (χ0v) is 14.5. The first kappa shape index (κ1) is 17.9. The summed E-state index contributed by atoms with van der Waals surface area (Å²) < 4.78 is 0. The Bertz CT molecular complexity index is 719. The van der Waals surface area contributed by atoms with Crippen molar-refractivity contribution in [2.75, 3.05) is 11.4 Å². The third-order valence-electron chi connectivity index (χ3n) is 3.60. The number of anilines is 1. The summed E-state index contributed by atoms with van der Waals surface area (Å²) in [6.45, 7) is 4.05. The topological polar surface area (TPSA) is 62.3 Å². The first-order chi connectivity index (χ1) is 11.5. The predicted molar refractivity (Wildman–Crippen MR) is 94.9 cm³/mol. The van der Waals surface area contributed by atoms with E-state index in [-0.39, 0.29) is 18.2 Å². The van der Waals surface area contributed by atoms with Crippen molar-refractivity contribution in [2.45, 2.75) is 26.8 Å². The zero-order chi connectivity index (χ0) is 17.5. The zero-order valence-electron chi connectivity index (χ0n) is 13.8. The molecule has 5 nitrogen and oxygen atoms in total. The number of hydrogen-bond donors (Lipinski definition) is 1. The number of halogens is 1. The third-order valence-corrected chi connectivity index (χ3v) is 3.83. The lowest BCUT2D eigenvalue weighted by Crippen LogP contribution is -2.34. The minimum Gasteiger partial charge on any atom is -0.350 e. The normalized spacial score (nSPS) is 10.3. The number of nitrogens with zero attached hydrogens (tertiary/aromatic N) is 2. The molecule has 0 spiro atoms. The molecule has 6 heteroatoms. The minimum absolute atomic E-state index is 0.127. The molecule has 0 aliphatic rings. The second-order valence-corrected chi connectivity index (χ2v) is 5.89. The molecule has 0 unspecified atom stereocenters. The van der Waals surface area contributed by atoms with E-state index in [1.54, 1.807) is 23.2 Å². The summed E-state index contributed by atoms with van der Waals surface area (Å²) in [7, 11) is 0. The monoisotopic (exact) mass is 345 g/mol. The van der Waals surface area contributed by atoms with Gasteiger partial charge in [0, 0.05) is 36.8 Å². The molecule has 0 bridgehead atoms. The van der Waals surface area contributed by atoms with Crippen molar-refractivity contribution in [3.63, 3.8) is 0 Å². The Morgan fingerprint density at radius 1 is 1.25 bits per heavy atom. The minimum atomic E-state index is -0.133. The van der Waals surface area contributed by atoms with E-state index in [0.717, 1.165) is 16.9 Å². The molecule has 0 saturated carbocycles. The van der Waals surface area contributed by atoms with Gasteiger partial charge in [-0.3, -0.25) is 14.6 Å². The fourth-order valence-electron chi connectivity index (χ4n) is 2.31. The highest BCUT2D eigenvalue weighted by molar-refractivity contribution is 6.31. The number of aryl methyl sites for hydroxylation is 1. The van der Waals surface area contributed by atoms with Crippen LogP contribution in [0.1, 0.15) is 24.6 Å². The Labute approximate surface area is 146 Å². The van der Waals surface area contributed by atoms with Gasteiger partial charge in [0.05, 0.1) is 12.2 Å². The van der Waals surface area contributed by atoms with E-state index in [0.29, 0.717) is 18.1 Å². The van der Waals surface area contributed by atoms with Gasteiger partial charge in [-0.2, -0.15) is 0 Å². The van der Waals surface area contributed by atoms with Crippen LogP contribution in [0.5, 0.6) is 0 Å². The van der Waals surface area contributed by atoms with Gasteiger partial charge in [0.15, 0.2) is 0 Å². The molecule has 1 heterocycles. The maximum Gasteiger partial charge on any atom is 0.223 e. The summed E-state index contributed by atoms with van der Waals surface area (Å²) in [4.78, 5) is 29.7. The first-order valence-corrected chi connectivity index (χ1v) is 8.06. The molecule has 1 aromatic carbocycles. The van der Waals surface area contributed by atoms with Crippen molar-refractivity contribution < 1.29 is 9.59 Å². The second-order valence-electron chi connectivity index (χ2n) is 5.45. The van der Waals surface area contributed by atoms with Gasteiger partial charge in [-0.05, 0) is 36.8 Å². The molecule has 0 fully saturated rings. The van der Waals surface area contributed by atoms with E-state index in [1.807, 2.05) is 31.2 Å². The number of carbonyl (C=O) groups excluding carboxylic acids is 2. The van der Waals surface area contributed by atoms with Crippen molar-refractivity contribution in [3.8, 4) is 0 Å². The summed E-state index contributed by atoms with van der Waals surface area (Å²) in [6, 6.07) is 10.9. The molecule has 1 aromatic heterocycles. The van der Waals surface area contributed by atoms with Crippen LogP contribution in [-0.4, -0.2) is 23.3 Å². The maximum atomic E-state index is 12.0. The Hall–Kier alpha value is -2.40. The van der Waals surface area contributed by atoms with Crippen molar-refractivity contribution in [3.05, 3.63) is 58.9 Å². The standard InChI is InChI=1S/C18H20ClN3O2/c1-13-6-7-15(19)11-17(13)22(14(2)23)10-8-18(24)21-12-16-5-3-4-9-20-16/h3-7,9,11H,8,10,12H2,1-2H3,(H,21,24). The van der Waals surface area contributed by atoms with Crippen molar-refractivity contribution in [1.82, 2.24) is 10.3 Å². The molecule has 0 aliphatic heterocycles. The Morgan fingerprint density at radius 3 is 2.71 bits per heavy atom. The highest BCUT2D eigenvalue weighted by Crippen LogP contribution is 2.24. The number of pyridine rings is 1. The Kier molecular flexibility index (Phi) is 6.32. The lowest BCUT2D eigenvalue weighted by Gasteiger charge is -2.23. The van der Waals surface area contributed by atoms with Gasteiger partial charge in [-0.15, -0.1) is 0 Å². The quantitative estimate of drug-likeness (QED) is 0.875. The van der Waals surface area contributed by atoms with Crippen LogP contribution in [0.3, 0.4) is 0 Å². The van der Waals surface area contributed by atoms with Crippen LogP contribution in [0.25, 0.3) is 0 Å². The molecular weight excluding hydrogens is 326 g/mol. The Morgan fingerprint density at radius 2 is 2.04 bits per heavy atom. The van der Waals surface area contributed by atoms with E-state index in [1.165, 1.54) is 6.92 Å². The molecule has 0 aliphatic carbocycles. The van der Waals surface area contributed by atoms with E-state index >= 15 is 0 Å². The highest BCUT2D eigenvalue weighted by atomic mass is 35.5. The van der Waals surface area contributed by atoms with Gasteiger partial charge in [0.1, 0.15) is 0 Å². The number of carbonyl (C=O) groups is 2. The maximum absolute atomic E-state index is 12.0. The average Bonchev–Trinajstić information content (AvgIpc) is 2.57. The number of hydrogen-bond acceptors (Lipinski definition) is 3. The van der Waals surface area contributed by atoms with Gasteiger partial charge < -0.3 is 10.2 Å². The molecule has 2 aromatic rings. The number of amides is 2. The van der Waals surface area contributed by atoms with Crippen LogP contribution in [0, 0.1) is 6.92 Å².